The minimum Gasteiger partial charge on any atom is -0.444 e. The number of nitrogens with zero attached hydrogens (tertiary/aromatic N) is 2. The van der Waals surface area contributed by atoms with E-state index in [0.717, 1.165) is 87.2 Å². The fourth-order valence-electron chi connectivity index (χ4n) is 5.13. The molecule has 0 bridgehead atoms. The molecule has 9 nitrogen and oxygen atoms in total. The molecule has 1 atom stereocenters. The fraction of sp³-hybridized carbons (Fsp3) is 0.676. The first-order chi connectivity index (χ1) is 22.0. The Morgan fingerprint density at radius 1 is 1.09 bits per heavy atom. The summed E-state index contributed by atoms with van der Waals surface area (Å²) in [6.45, 7) is 14.8. The van der Waals surface area contributed by atoms with Crippen LogP contribution in [0.25, 0.3) is 0 Å². The highest BCUT2D eigenvalue weighted by Crippen LogP contribution is 2.27. The van der Waals surface area contributed by atoms with Gasteiger partial charge in [0.2, 0.25) is 12.8 Å². The normalized spacial score (nSPS) is 16.0. The molecule has 1 N–H and O–H groups in total. The predicted molar refractivity (Wildman–Crippen MR) is 185 cm³/mol. The molecule has 1 aromatic carbocycles. The van der Waals surface area contributed by atoms with Crippen molar-refractivity contribution in [3.8, 4) is 11.8 Å². The largest absolute Gasteiger partial charge is 0.444 e. The summed E-state index contributed by atoms with van der Waals surface area (Å²) in [7, 11) is 3.32. The number of aldehydes is 1. The second kappa shape index (κ2) is 24.8. The summed E-state index contributed by atoms with van der Waals surface area (Å²) >= 11 is 0. The quantitative estimate of drug-likeness (QED) is 0.128. The molecule has 46 heavy (non-hydrogen) atoms. The SMILES string of the molecule is CC.CCCC(C=O)N(C=O)Cc1cc(C#CCCCCCN(C(=O)OC(C)(C)C)C2CCC(OC)CC2)ccc1C.CNC=O. The van der Waals surface area contributed by atoms with Crippen molar-refractivity contribution in [2.24, 2.45) is 0 Å². The van der Waals surface area contributed by atoms with Crippen LogP contribution >= 0.6 is 0 Å². The summed E-state index contributed by atoms with van der Waals surface area (Å²) in [6, 6.07) is 5.84. The lowest BCUT2D eigenvalue weighted by atomic mass is 9.92. The van der Waals surface area contributed by atoms with Crippen LogP contribution in [0.2, 0.25) is 0 Å². The van der Waals surface area contributed by atoms with E-state index in [0.29, 0.717) is 25.9 Å². The van der Waals surface area contributed by atoms with Gasteiger partial charge in [-0.2, -0.15) is 0 Å². The van der Waals surface area contributed by atoms with Gasteiger partial charge in [0, 0.05) is 45.3 Å². The maximum Gasteiger partial charge on any atom is 0.410 e. The minimum absolute atomic E-state index is 0.204. The van der Waals surface area contributed by atoms with Crippen LogP contribution in [0.15, 0.2) is 18.2 Å². The second-order valence-electron chi connectivity index (χ2n) is 12.3. The average Bonchev–Trinajstić information content (AvgIpc) is 3.05. The van der Waals surface area contributed by atoms with E-state index in [-0.39, 0.29) is 18.2 Å². The first-order valence-electron chi connectivity index (χ1n) is 16.9. The van der Waals surface area contributed by atoms with Gasteiger partial charge in [-0.1, -0.05) is 51.5 Å². The monoisotopic (exact) mass is 643 g/mol. The maximum absolute atomic E-state index is 13.0. The Kier molecular flexibility index (Phi) is 23.0. The van der Waals surface area contributed by atoms with E-state index in [1.54, 1.807) is 19.1 Å². The number of benzene rings is 1. The predicted octanol–water partition coefficient (Wildman–Crippen LogP) is 6.82. The van der Waals surface area contributed by atoms with E-state index < -0.39 is 11.6 Å². The van der Waals surface area contributed by atoms with Crippen molar-refractivity contribution in [1.82, 2.24) is 15.1 Å². The van der Waals surface area contributed by atoms with Crippen molar-refractivity contribution in [3.63, 3.8) is 0 Å². The number of methoxy groups -OCH3 is 1. The van der Waals surface area contributed by atoms with E-state index in [9.17, 15) is 14.4 Å². The van der Waals surface area contributed by atoms with Crippen LogP contribution in [0.3, 0.4) is 0 Å². The molecule has 0 spiro atoms. The lowest BCUT2D eigenvalue weighted by Gasteiger charge is -2.37. The van der Waals surface area contributed by atoms with E-state index in [4.69, 9.17) is 14.3 Å². The van der Waals surface area contributed by atoms with Gasteiger partial charge < -0.3 is 29.4 Å². The zero-order valence-electron chi connectivity index (χ0n) is 30.0. The molecule has 9 heteroatoms. The Hall–Kier alpha value is -3.38. The van der Waals surface area contributed by atoms with Gasteiger partial charge in [-0.25, -0.2) is 4.79 Å². The highest BCUT2D eigenvalue weighted by atomic mass is 16.6. The molecular formula is C37H61N3O6. The van der Waals surface area contributed by atoms with Crippen molar-refractivity contribution < 1.29 is 28.7 Å². The average molecular weight is 644 g/mol. The molecule has 0 aromatic heterocycles. The standard InChI is InChI=1S/C33H50N2O5.C2H5NO.C2H6/c1-7-13-30(24-36)34(25-37)23-28-22-27(16-15-26(28)2)14-11-9-8-10-12-21-35(32(38)40-33(3,4)5)29-17-19-31(39-6)20-18-29;1-3-2-4;1-2/h15-16,22,24-25,29-31H,7-10,12-13,17-21,23H2,1-6H3;2H,1H3,(H,3,4);1-2H3. The third-order valence-corrected chi connectivity index (χ3v) is 7.60. The Labute approximate surface area is 279 Å². The first-order valence-corrected chi connectivity index (χ1v) is 16.9. The summed E-state index contributed by atoms with van der Waals surface area (Å²) in [5, 5.41) is 2.25. The van der Waals surface area contributed by atoms with Crippen LogP contribution in [0.5, 0.6) is 0 Å². The third kappa shape index (κ3) is 17.4. The van der Waals surface area contributed by atoms with Crippen molar-refractivity contribution in [2.45, 2.75) is 143 Å². The van der Waals surface area contributed by atoms with Crippen molar-refractivity contribution in [1.29, 1.82) is 0 Å². The number of carbonyl (C=O) groups is 4. The molecule has 1 saturated carbocycles. The molecule has 1 fully saturated rings. The zero-order chi connectivity index (χ0) is 35.0. The topological polar surface area (TPSA) is 105 Å². The van der Waals surface area contributed by atoms with Crippen LogP contribution in [0.4, 0.5) is 4.79 Å². The van der Waals surface area contributed by atoms with Gasteiger partial charge in [0.25, 0.3) is 0 Å². The molecule has 1 aliphatic carbocycles. The van der Waals surface area contributed by atoms with Gasteiger partial charge in [0.1, 0.15) is 11.9 Å². The van der Waals surface area contributed by atoms with Crippen LogP contribution in [0, 0.1) is 18.8 Å². The van der Waals surface area contributed by atoms with Crippen LogP contribution in [-0.4, -0.2) is 79.5 Å². The van der Waals surface area contributed by atoms with E-state index in [1.807, 2.05) is 71.6 Å². The van der Waals surface area contributed by atoms with Crippen LogP contribution < -0.4 is 5.32 Å². The molecule has 0 heterocycles. The molecule has 260 valence electrons. The Morgan fingerprint density at radius 3 is 2.26 bits per heavy atom. The first kappa shape index (κ1) is 42.6. The third-order valence-electron chi connectivity index (χ3n) is 7.60. The van der Waals surface area contributed by atoms with Gasteiger partial charge in [-0.3, -0.25) is 9.59 Å². The molecule has 1 aromatic rings. The summed E-state index contributed by atoms with van der Waals surface area (Å²) < 4.78 is 11.2. The van der Waals surface area contributed by atoms with Crippen LogP contribution in [-0.2, 0) is 30.4 Å². The summed E-state index contributed by atoms with van der Waals surface area (Å²) in [4.78, 5) is 48.6. The van der Waals surface area contributed by atoms with E-state index >= 15 is 0 Å². The number of hydrogen-bond donors (Lipinski definition) is 1. The summed E-state index contributed by atoms with van der Waals surface area (Å²) in [5.74, 6) is 6.53. The van der Waals surface area contributed by atoms with Crippen molar-refractivity contribution >= 4 is 25.2 Å². The molecule has 1 unspecified atom stereocenters. The number of ether oxygens (including phenoxy) is 2. The van der Waals surface area contributed by atoms with Crippen LogP contribution in [0.1, 0.15) is 122 Å². The van der Waals surface area contributed by atoms with Gasteiger partial charge in [-0.15, -0.1) is 0 Å². The highest BCUT2D eigenvalue weighted by Gasteiger charge is 2.31. The number of rotatable bonds is 15. The molecule has 0 radical (unpaired) electrons. The minimum atomic E-state index is -0.512. The molecule has 0 saturated heterocycles. The van der Waals surface area contributed by atoms with Gasteiger partial charge in [-0.05, 0) is 95.9 Å². The maximum atomic E-state index is 13.0. The number of nitrogens with one attached hydrogen (secondary N) is 1. The molecule has 0 aliphatic heterocycles. The summed E-state index contributed by atoms with van der Waals surface area (Å²) in [5.41, 5.74) is 2.47. The summed E-state index contributed by atoms with van der Waals surface area (Å²) in [6.07, 6.45) is 11.3. The highest BCUT2D eigenvalue weighted by molar-refractivity contribution is 5.68. The Balaban J connectivity index is 0.00000312. The number of carbonyl (C=O) groups excluding carboxylic acids is 4. The zero-order valence-corrected chi connectivity index (χ0v) is 30.0. The molecular weight excluding hydrogens is 582 g/mol. The van der Waals surface area contributed by atoms with Crippen molar-refractivity contribution in [3.05, 3.63) is 34.9 Å². The van der Waals surface area contributed by atoms with E-state index in [1.165, 1.54) is 0 Å². The smallest absolute Gasteiger partial charge is 0.410 e. The van der Waals surface area contributed by atoms with Gasteiger partial charge >= 0.3 is 6.09 Å². The van der Waals surface area contributed by atoms with Gasteiger partial charge in [0.15, 0.2) is 0 Å². The second-order valence-corrected chi connectivity index (χ2v) is 12.3. The Morgan fingerprint density at radius 2 is 1.74 bits per heavy atom. The fourth-order valence-corrected chi connectivity index (χ4v) is 5.13. The number of hydrogen-bond acceptors (Lipinski definition) is 6. The lowest BCUT2D eigenvalue weighted by Crippen LogP contribution is -2.46. The lowest BCUT2D eigenvalue weighted by molar-refractivity contribution is -0.126. The number of aryl methyl sites for hydroxylation is 1. The van der Waals surface area contributed by atoms with Gasteiger partial charge in [0.05, 0.1) is 12.1 Å². The molecule has 1 aliphatic rings. The number of amides is 3. The Bertz CT molecular complexity index is 1070. The van der Waals surface area contributed by atoms with E-state index in [2.05, 4.69) is 17.2 Å². The van der Waals surface area contributed by atoms with Crippen molar-refractivity contribution in [2.75, 3.05) is 20.7 Å². The number of unbranched alkanes of at least 4 members (excludes halogenated alkanes) is 3. The molecule has 3 amide bonds. The molecule has 2 rings (SSSR count).